The summed E-state index contributed by atoms with van der Waals surface area (Å²) in [6, 6.07) is 0. The number of amides is 1. The lowest BCUT2D eigenvalue weighted by Gasteiger charge is -2.38. The van der Waals surface area contributed by atoms with Gasteiger partial charge in [0.2, 0.25) is 5.91 Å². The molecule has 17 heavy (non-hydrogen) atoms. The SMILES string of the molecule is C#CCN(CCC)C(=O)C1(N)CCCC(C)C1. The Kier molecular flexibility index (Phi) is 5.02. The number of hydrogen-bond donors (Lipinski definition) is 1. The molecule has 3 nitrogen and oxygen atoms in total. The highest BCUT2D eigenvalue weighted by atomic mass is 16.2. The third-order valence-electron chi connectivity index (χ3n) is 3.52. The molecule has 0 aliphatic heterocycles. The van der Waals surface area contributed by atoms with Gasteiger partial charge in [-0.2, -0.15) is 0 Å². The Morgan fingerprint density at radius 1 is 1.65 bits per heavy atom. The van der Waals surface area contributed by atoms with E-state index in [0.717, 1.165) is 25.7 Å². The van der Waals surface area contributed by atoms with Crippen LogP contribution in [-0.2, 0) is 4.79 Å². The summed E-state index contributed by atoms with van der Waals surface area (Å²) in [5, 5.41) is 0. The average molecular weight is 236 g/mol. The van der Waals surface area contributed by atoms with E-state index in [1.165, 1.54) is 6.42 Å². The highest BCUT2D eigenvalue weighted by molar-refractivity contribution is 5.86. The molecule has 1 rings (SSSR count). The van der Waals surface area contributed by atoms with Gasteiger partial charge in [-0.1, -0.05) is 32.6 Å². The Bertz CT molecular complexity index is 308. The lowest BCUT2D eigenvalue weighted by molar-refractivity contribution is -0.138. The van der Waals surface area contributed by atoms with Crippen LogP contribution in [0.5, 0.6) is 0 Å². The second-order valence-corrected chi connectivity index (χ2v) is 5.29. The first-order chi connectivity index (χ1) is 8.03. The van der Waals surface area contributed by atoms with Crippen LogP contribution in [0, 0.1) is 18.3 Å². The number of hydrogen-bond acceptors (Lipinski definition) is 2. The van der Waals surface area contributed by atoms with Crippen LogP contribution >= 0.6 is 0 Å². The van der Waals surface area contributed by atoms with Crippen LogP contribution in [0.2, 0.25) is 0 Å². The molecule has 2 unspecified atom stereocenters. The third-order valence-corrected chi connectivity index (χ3v) is 3.52. The Morgan fingerprint density at radius 3 is 2.88 bits per heavy atom. The molecule has 1 amide bonds. The van der Waals surface area contributed by atoms with Crippen LogP contribution in [0.3, 0.4) is 0 Å². The molecule has 1 aliphatic rings. The van der Waals surface area contributed by atoms with Crippen molar-refractivity contribution in [3.8, 4) is 12.3 Å². The molecule has 0 radical (unpaired) electrons. The first-order valence-electron chi connectivity index (χ1n) is 6.55. The Hall–Kier alpha value is -1.01. The molecule has 2 atom stereocenters. The highest BCUT2D eigenvalue weighted by Crippen LogP contribution is 2.31. The molecular weight excluding hydrogens is 212 g/mol. The summed E-state index contributed by atoms with van der Waals surface area (Å²) in [5.74, 6) is 3.13. The molecule has 96 valence electrons. The number of terminal acetylenes is 1. The zero-order chi connectivity index (χ0) is 12.9. The van der Waals surface area contributed by atoms with E-state index in [2.05, 4.69) is 12.8 Å². The van der Waals surface area contributed by atoms with Gasteiger partial charge >= 0.3 is 0 Å². The van der Waals surface area contributed by atoms with E-state index in [9.17, 15) is 4.79 Å². The quantitative estimate of drug-likeness (QED) is 0.756. The topological polar surface area (TPSA) is 46.3 Å². The van der Waals surface area contributed by atoms with Crippen LogP contribution in [0.4, 0.5) is 0 Å². The van der Waals surface area contributed by atoms with E-state index in [1.807, 2.05) is 6.92 Å². The molecule has 0 saturated heterocycles. The summed E-state index contributed by atoms with van der Waals surface area (Å²) >= 11 is 0. The fraction of sp³-hybridized carbons (Fsp3) is 0.786. The Labute approximate surface area is 105 Å². The lowest BCUT2D eigenvalue weighted by Crippen LogP contribution is -2.57. The van der Waals surface area contributed by atoms with E-state index >= 15 is 0 Å². The van der Waals surface area contributed by atoms with Crippen molar-refractivity contribution in [3.05, 3.63) is 0 Å². The number of nitrogens with zero attached hydrogens (tertiary/aromatic N) is 1. The van der Waals surface area contributed by atoms with E-state index in [1.54, 1.807) is 4.90 Å². The molecular formula is C14H24N2O. The van der Waals surface area contributed by atoms with Gasteiger partial charge in [-0.3, -0.25) is 4.79 Å². The van der Waals surface area contributed by atoms with Crippen molar-refractivity contribution in [2.45, 2.75) is 51.5 Å². The number of carbonyl (C=O) groups excluding carboxylic acids is 1. The zero-order valence-corrected chi connectivity index (χ0v) is 11.0. The van der Waals surface area contributed by atoms with Gasteiger partial charge in [0.1, 0.15) is 0 Å². The van der Waals surface area contributed by atoms with E-state index in [0.29, 0.717) is 19.0 Å². The van der Waals surface area contributed by atoms with Crippen molar-refractivity contribution in [2.24, 2.45) is 11.7 Å². The largest absolute Gasteiger partial charge is 0.330 e. The van der Waals surface area contributed by atoms with Gasteiger partial charge in [0.15, 0.2) is 0 Å². The fourth-order valence-electron chi connectivity index (χ4n) is 2.73. The third kappa shape index (κ3) is 3.47. The van der Waals surface area contributed by atoms with Crippen LogP contribution in [-0.4, -0.2) is 29.4 Å². The predicted molar refractivity (Wildman–Crippen MR) is 70.3 cm³/mol. The Balaban J connectivity index is 2.74. The van der Waals surface area contributed by atoms with Gasteiger partial charge in [-0.15, -0.1) is 6.42 Å². The zero-order valence-electron chi connectivity index (χ0n) is 11.0. The summed E-state index contributed by atoms with van der Waals surface area (Å²) in [5.41, 5.74) is 5.62. The van der Waals surface area contributed by atoms with Crippen molar-refractivity contribution in [1.82, 2.24) is 4.90 Å². The van der Waals surface area contributed by atoms with Gasteiger partial charge < -0.3 is 10.6 Å². The molecule has 2 N–H and O–H groups in total. The molecule has 0 heterocycles. The van der Waals surface area contributed by atoms with Crippen LogP contribution in [0.25, 0.3) is 0 Å². The van der Waals surface area contributed by atoms with Gasteiger partial charge in [-0.05, 0) is 25.2 Å². The van der Waals surface area contributed by atoms with Crippen LogP contribution in [0.1, 0.15) is 46.0 Å². The average Bonchev–Trinajstić information content (AvgIpc) is 2.27. The highest BCUT2D eigenvalue weighted by Gasteiger charge is 2.40. The fourth-order valence-corrected chi connectivity index (χ4v) is 2.73. The summed E-state index contributed by atoms with van der Waals surface area (Å²) in [6.45, 7) is 5.29. The predicted octanol–water partition coefficient (Wildman–Crippen LogP) is 1.77. The minimum Gasteiger partial charge on any atom is -0.330 e. The molecule has 0 aromatic rings. The molecule has 0 bridgehead atoms. The van der Waals surface area contributed by atoms with E-state index in [-0.39, 0.29) is 5.91 Å². The monoisotopic (exact) mass is 236 g/mol. The lowest BCUT2D eigenvalue weighted by atomic mass is 9.76. The smallest absolute Gasteiger partial charge is 0.243 e. The standard InChI is InChI=1S/C14H24N2O/c1-4-9-16(10-5-2)13(17)14(15)8-6-7-12(3)11-14/h1,12H,5-11,15H2,2-3H3. The summed E-state index contributed by atoms with van der Waals surface area (Å²) in [7, 11) is 0. The first-order valence-corrected chi connectivity index (χ1v) is 6.55. The number of nitrogens with two attached hydrogens (primary N) is 1. The van der Waals surface area contributed by atoms with E-state index in [4.69, 9.17) is 12.2 Å². The molecule has 0 spiro atoms. The molecule has 3 heteroatoms. The van der Waals surface area contributed by atoms with Crippen molar-refractivity contribution < 1.29 is 4.79 Å². The summed E-state index contributed by atoms with van der Waals surface area (Å²) in [4.78, 5) is 14.2. The minimum absolute atomic E-state index is 0.0452. The normalized spacial score (nSPS) is 28.5. The van der Waals surface area contributed by atoms with Crippen molar-refractivity contribution in [3.63, 3.8) is 0 Å². The maximum atomic E-state index is 12.5. The molecule has 1 aliphatic carbocycles. The van der Waals surface area contributed by atoms with Crippen LogP contribution < -0.4 is 5.73 Å². The molecule has 1 saturated carbocycles. The molecule has 0 aromatic heterocycles. The minimum atomic E-state index is -0.677. The maximum absolute atomic E-state index is 12.5. The number of rotatable bonds is 4. The maximum Gasteiger partial charge on any atom is 0.243 e. The summed E-state index contributed by atoms with van der Waals surface area (Å²) in [6.07, 6.45) is 10.0. The second-order valence-electron chi connectivity index (χ2n) is 5.29. The first kappa shape index (κ1) is 14.1. The van der Waals surface area contributed by atoms with Crippen molar-refractivity contribution in [2.75, 3.05) is 13.1 Å². The van der Waals surface area contributed by atoms with Crippen molar-refractivity contribution in [1.29, 1.82) is 0 Å². The van der Waals surface area contributed by atoms with Crippen molar-refractivity contribution >= 4 is 5.91 Å². The van der Waals surface area contributed by atoms with Gasteiger partial charge in [0, 0.05) is 6.54 Å². The molecule has 0 aromatic carbocycles. The van der Waals surface area contributed by atoms with Gasteiger partial charge in [0.25, 0.3) is 0 Å². The Morgan fingerprint density at radius 2 is 2.35 bits per heavy atom. The number of carbonyl (C=O) groups is 1. The van der Waals surface area contributed by atoms with Gasteiger partial charge in [-0.25, -0.2) is 0 Å². The van der Waals surface area contributed by atoms with Crippen LogP contribution in [0.15, 0.2) is 0 Å². The van der Waals surface area contributed by atoms with E-state index < -0.39 is 5.54 Å². The second kappa shape index (κ2) is 6.07. The van der Waals surface area contributed by atoms with Gasteiger partial charge in [0.05, 0.1) is 12.1 Å². The molecule has 1 fully saturated rings. The summed E-state index contributed by atoms with van der Waals surface area (Å²) < 4.78 is 0.